The van der Waals surface area contributed by atoms with E-state index in [-0.39, 0.29) is 5.54 Å². The Morgan fingerprint density at radius 2 is 1.75 bits per heavy atom. The van der Waals surface area contributed by atoms with E-state index in [1.165, 1.54) is 0 Å². The average molecular weight is 281 g/mol. The van der Waals surface area contributed by atoms with Gasteiger partial charge in [0.1, 0.15) is 6.26 Å². The Labute approximate surface area is 123 Å². The van der Waals surface area contributed by atoms with E-state index in [4.69, 9.17) is 4.42 Å². The molecule has 0 saturated heterocycles. The van der Waals surface area contributed by atoms with E-state index in [0.29, 0.717) is 23.8 Å². The maximum atomic E-state index is 5.48. The molecule has 116 valence electrons. The highest BCUT2D eigenvalue weighted by atomic mass is 16.4. The van der Waals surface area contributed by atoms with Gasteiger partial charge < -0.3 is 15.1 Å². The molecule has 1 heterocycles. The molecule has 0 aliphatic heterocycles. The SMILES string of the molecule is CC(C)C(CNc1nc(CNC(C)(C)C)co1)C(C)C. The molecule has 0 aliphatic carbocycles. The molecule has 0 unspecified atom stereocenters. The molecular formula is C16H31N3O. The van der Waals surface area contributed by atoms with E-state index in [1.807, 2.05) is 0 Å². The van der Waals surface area contributed by atoms with E-state index >= 15 is 0 Å². The van der Waals surface area contributed by atoms with Crippen molar-refractivity contribution >= 4 is 6.01 Å². The van der Waals surface area contributed by atoms with Crippen molar-refractivity contribution in [1.29, 1.82) is 0 Å². The van der Waals surface area contributed by atoms with Crippen molar-refractivity contribution in [3.8, 4) is 0 Å². The van der Waals surface area contributed by atoms with Crippen molar-refractivity contribution < 1.29 is 4.42 Å². The van der Waals surface area contributed by atoms with Crippen LogP contribution in [0.25, 0.3) is 0 Å². The van der Waals surface area contributed by atoms with Gasteiger partial charge in [0.25, 0.3) is 6.01 Å². The van der Waals surface area contributed by atoms with E-state index in [2.05, 4.69) is 64.1 Å². The molecule has 0 bridgehead atoms. The van der Waals surface area contributed by atoms with Gasteiger partial charge in [0.2, 0.25) is 0 Å². The lowest BCUT2D eigenvalue weighted by Gasteiger charge is -2.24. The number of hydrogen-bond acceptors (Lipinski definition) is 4. The quantitative estimate of drug-likeness (QED) is 0.796. The van der Waals surface area contributed by atoms with E-state index < -0.39 is 0 Å². The van der Waals surface area contributed by atoms with Crippen LogP contribution in [0, 0.1) is 17.8 Å². The van der Waals surface area contributed by atoms with Crippen LogP contribution in [0.15, 0.2) is 10.7 Å². The molecule has 0 saturated carbocycles. The largest absolute Gasteiger partial charge is 0.432 e. The highest BCUT2D eigenvalue weighted by molar-refractivity contribution is 5.21. The molecular weight excluding hydrogens is 250 g/mol. The van der Waals surface area contributed by atoms with Crippen LogP contribution in [0.5, 0.6) is 0 Å². The monoisotopic (exact) mass is 281 g/mol. The first-order valence-electron chi connectivity index (χ1n) is 7.62. The summed E-state index contributed by atoms with van der Waals surface area (Å²) >= 11 is 0. The standard InChI is InChI=1S/C16H31N3O/c1-11(2)14(12(3)4)9-17-15-19-13(10-20-15)8-18-16(5,6)7/h10-12,14,18H,8-9H2,1-7H3,(H,17,19). The fourth-order valence-corrected chi connectivity index (χ4v) is 2.27. The summed E-state index contributed by atoms with van der Waals surface area (Å²) < 4.78 is 5.48. The molecule has 0 radical (unpaired) electrons. The van der Waals surface area contributed by atoms with Crippen molar-refractivity contribution in [1.82, 2.24) is 10.3 Å². The Hall–Kier alpha value is -1.03. The van der Waals surface area contributed by atoms with Gasteiger partial charge in [-0.2, -0.15) is 4.98 Å². The fraction of sp³-hybridized carbons (Fsp3) is 0.812. The molecule has 20 heavy (non-hydrogen) atoms. The second-order valence-corrected chi connectivity index (χ2v) is 7.28. The van der Waals surface area contributed by atoms with Gasteiger partial charge in [-0.15, -0.1) is 0 Å². The van der Waals surface area contributed by atoms with Gasteiger partial charge in [-0.1, -0.05) is 27.7 Å². The first-order chi connectivity index (χ1) is 9.19. The highest BCUT2D eigenvalue weighted by Gasteiger charge is 2.18. The predicted octanol–water partition coefficient (Wildman–Crippen LogP) is 3.90. The average Bonchev–Trinajstić information content (AvgIpc) is 2.72. The summed E-state index contributed by atoms with van der Waals surface area (Å²) in [5.74, 6) is 1.93. The number of nitrogens with zero attached hydrogens (tertiary/aromatic N) is 1. The third-order valence-electron chi connectivity index (χ3n) is 3.55. The number of aromatic nitrogens is 1. The van der Waals surface area contributed by atoms with Crippen molar-refractivity contribution in [3.63, 3.8) is 0 Å². The molecule has 0 fully saturated rings. The van der Waals surface area contributed by atoms with Crippen LogP contribution in [-0.2, 0) is 6.54 Å². The molecule has 0 amide bonds. The summed E-state index contributed by atoms with van der Waals surface area (Å²) in [5, 5.41) is 6.72. The molecule has 0 aliphatic rings. The van der Waals surface area contributed by atoms with Gasteiger partial charge in [0.15, 0.2) is 0 Å². The van der Waals surface area contributed by atoms with Crippen LogP contribution in [0.3, 0.4) is 0 Å². The van der Waals surface area contributed by atoms with Crippen LogP contribution >= 0.6 is 0 Å². The van der Waals surface area contributed by atoms with Gasteiger partial charge in [0, 0.05) is 18.6 Å². The van der Waals surface area contributed by atoms with Gasteiger partial charge in [-0.25, -0.2) is 0 Å². The minimum Gasteiger partial charge on any atom is -0.432 e. The summed E-state index contributed by atoms with van der Waals surface area (Å²) in [6.45, 7) is 17.1. The molecule has 2 N–H and O–H groups in total. The topological polar surface area (TPSA) is 50.1 Å². The number of oxazole rings is 1. The third-order valence-corrected chi connectivity index (χ3v) is 3.55. The van der Waals surface area contributed by atoms with Crippen molar-refractivity contribution in [3.05, 3.63) is 12.0 Å². The Morgan fingerprint density at radius 3 is 2.25 bits per heavy atom. The van der Waals surface area contributed by atoms with Gasteiger partial charge in [-0.3, -0.25) is 0 Å². The summed E-state index contributed by atoms with van der Waals surface area (Å²) in [4.78, 5) is 4.46. The lowest BCUT2D eigenvalue weighted by molar-refractivity contribution is 0.302. The van der Waals surface area contributed by atoms with Crippen LogP contribution in [-0.4, -0.2) is 17.1 Å². The fourth-order valence-electron chi connectivity index (χ4n) is 2.27. The van der Waals surface area contributed by atoms with Gasteiger partial charge in [-0.05, 0) is 38.5 Å². The zero-order valence-electron chi connectivity index (χ0n) is 14.1. The van der Waals surface area contributed by atoms with Crippen molar-refractivity contribution in [2.24, 2.45) is 17.8 Å². The number of hydrogen-bond donors (Lipinski definition) is 2. The van der Waals surface area contributed by atoms with Crippen LogP contribution in [0.1, 0.15) is 54.2 Å². The molecule has 0 spiro atoms. The Balaban J connectivity index is 2.48. The van der Waals surface area contributed by atoms with Crippen LogP contribution in [0.4, 0.5) is 6.01 Å². The molecule has 0 aromatic carbocycles. The second kappa shape index (κ2) is 7.11. The smallest absolute Gasteiger partial charge is 0.294 e. The Morgan fingerprint density at radius 1 is 1.15 bits per heavy atom. The predicted molar refractivity (Wildman–Crippen MR) is 84.8 cm³/mol. The zero-order chi connectivity index (χ0) is 15.3. The lowest BCUT2D eigenvalue weighted by atomic mass is 9.85. The maximum absolute atomic E-state index is 5.48. The molecule has 4 heteroatoms. The van der Waals surface area contributed by atoms with Crippen LogP contribution in [0.2, 0.25) is 0 Å². The zero-order valence-corrected chi connectivity index (χ0v) is 14.1. The van der Waals surface area contributed by atoms with E-state index in [1.54, 1.807) is 6.26 Å². The highest BCUT2D eigenvalue weighted by Crippen LogP contribution is 2.21. The Kier molecular flexibility index (Phi) is 6.06. The Bertz CT molecular complexity index is 383. The third kappa shape index (κ3) is 5.95. The summed E-state index contributed by atoms with van der Waals surface area (Å²) in [5.41, 5.74) is 1.03. The minimum atomic E-state index is 0.0902. The van der Waals surface area contributed by atoms with Gasteiger partial charge in [0.05, 0.1) is 5.69 Å². The van der Waals surface area contributed by atoms with Gasteiger partial charge >= 0.3 is 0 Å². The summed E-state index contributed by atoms with van der Waals surface area (Å²) in [7, 11) is 0. The summed E-state index contributed by atoms with van der Waals surface area (Å²) in [6, 6.07) is 0.627. The maximum Gasteiger partial charge on any atom is 0.294 e. The molecule has 1 aromatic heterocycles. The first kappa shape index (κ1) is 17.0. The van der Waals surface area contributed by atoms with E-state index in [9.17, 15) is 0 Å². The van der Waals surface area contributed by atoms with Crippen molar-refractivity contribution in [2.45, 2.75) is 60.5 Å². The molecule has 1 rings (SSSR count). The minimum absolute atomic E-state index is 0.0902. The molecule has 0 atom stereocenters. The lowest BCUT2D eigenvalue weighted by Crippen LogP contribution is -2.35. The summed E-state index contributed by atoms with van der Waals surface area (Å²) in [6.07, 6.45) is 1.72. The van der Waals surface area contributed by atoms with Crippen molar-refractivity contribution in [2.75, 3.05) is 11.9 Å². The number of rotatable bonds is 7. The normalized spacial score (nSPS) is 12.7. The molecule has 1 aromatic rings. The second-order valence-electron chi connectivity index (χ2n) is 7.28. The first-order valence-corrected chi connectivity index (χ1v) is 7.62. The van der Waals surface area contributed by atoms with Crippen LogP contribution < -0.4 is 10.6 Å². The number of nitrogens with one attached hydrogen (secondary N) is 2. The molecule has 4 nitrogen and oxygen atoms in total. The van der Waals surface area contributed by atoms with E-state index in [0.717, 1.165) is 18.8 Å². The number of anilines is 1.